The van der Waals surface area contributed by atoms with Gasteiger partial charge in [-0.2, -0.15) is 0 Å². The molecule has 0 aliphatic carbocycles. The minimum Gasteiger partial charge on any atom is -0.481 e. The molecular formula is C18H32N2O6S. The molecule has 3 atom stereocenters. The monoisotopic (exact) mass is 404 g/mol. The van der Waals surface area contributed by atoms with Crippen LogP contribution in [0.25, 0.3) is 0 Å². The van der Waals surface area contributed by atoms with Crippen LogP contribution in [0.5, 0.6) is 0 Å². The summed E-state index contributed by atoms with van der Waals surface area (Å²) in [6, 6.07) is -0.189. The van der Waals surface area contributed by atoms with Gasteiger partial charge in [-0.3, -0.25) is 14.4 Å². The fraction of sp³-hybridized carbons (Fsp3) is 0.833. The van der Waals surface area contributed by atoms with E-state index < -0.39 is 29.2 Å². The fourth-order valence-corrected chi connectivity index (χ4v) is 3.45. The summed E-state index contributed by atoms with van der Waals surface area (Å²) in [4.78, 5) is 34.8. The van der Waals surface area contributed by atoms with Crippen LogP contribution in [0.3, 0.4) is 0 Å². The van der Waals surface area contributed by atoms with Gasteiger partial charge in [0, 0.05) is 23.8 Å². The van der Waals surface area contributed by atoms with Crippen LogP contribution >= 0.6 is 11.8 Å². The van der Waals surface area contributed by atoms with Crippen LogP contribution in [0.15, 0.2) is 0 Å². The Bertz CT molecular complexity index is 552. The smallest absolute Gasteiger partial charge is 0.314 e. The van der Waals surface area contributed by atoms with E-state index in [0.29, 0.717) is 31.7 Å². The van der Waals surface area contributed by atoms with Gasteiger partial charge in [0.05, 0.1) is 6.61 Å². The normalized spacial score (nSPS) is 23.3. The van der Waals surface area contributed by atoms with Gasteiger partial charge in [0.1, 0.15) is 12.0 Å². The lowest BCUT2D eigenvalue weighted by Gasteiger charge is -2.44. The number of amides is 1. The largest absolute Gasteiger partial charge is 0.481 e. The van der Waals surface area contributed by atoms with Gasteiger partial charge in [0.2, 0.25) is 11.0 Å². The second-order valence-electron chi connectivity index (χ2n) is 8.03. The molecule has 0 radical (unpaired) electrons. The van der Waals surface area contributed by atoms with Crippen molar-refractivity contribution in [3.8, 4) is 0 Å². The number of thioether (sulfide) groups is 1. The maximum atomic E-state index is 12.5. The van der Waals surface area contributed by atoms with Gasteiger partial charge in [-0.15, -0.1) is 0 Å². The van der Waals surface area contributed by atoms with E-state index in [1.807, 2.05) is 13.8 Å². The molecule has 156 valence electrons. The first-order valence-electron chi connectivity index (χ1n) is 9.10. The van der Waals surface area contributed by atoms with Gasteiger partial charge in [-0.05, 0) is 33.6 Å². The quantitative estimate of drug-likeness (QED) is 0.492. The summed E-state index contributed by atoms with van der Waals surface area (Å²) < 4.78 is 11.4. The highest BCUT2D eigenvalue weighted by Gasteiger charge is 2.45. The van der Waals surface area contributed by atoms with E-state index in [4.69, 9.17) is 20.3 Å². The second kappa shape index (κ2) is 9.86. The number of nitrogens with one attached hydrogen (secondary N) is 1. The topological polar surface area (TPSA) is 128 Å². The number of rotatable bonds is 9. The average molecular weight is 405 g/mol. The number of carbonyl (C=O) groups is 3. The van der Waals surface area contributed by atoms with Crippen LogP contribution < -0.4 is 11.1 Å². The number of carboxylic acids is 1. The van der Waals surface area contributed by atoms with Gasteiger partial charge < -0.3 is 25.6 Å². The number of ether oxygens (including phenoxy) is 2. The van der Waals surface area contributed by atoms with E-state index in [1.54, 1.807) is 13.8 Å². The van der Waals surface area contributed by atoms with Gasteiger partial charge in [-0.25, -0.2) is 0 Å². The number of hydrogen-bond donors (Lipinski definition) is 3. The van der Waals surface area contributed by atoms with Crippen molar-refractivity contribution in [2.24, 2.45) is 17.1 Å². The molecule has 1 aliphatic rings. The van der Waals surface area contributed by atoms with Crippen molar-refractivity contribution in [1.82, 2.24) is 5.32 Å². The SMILES string of the molecule is CC(C(=O)O)C(=O)SCCC(N)CCNC(=O)C1OC(C)(C)OCC1(C)C. The zero-order valence-electron chi connectivity index (χ0n) is 16.7. The minimum atomic E-state index is -1.12. The third-order valence-electron chi connectivity index (χ3n) is 4.41. The van der Waals surface area contributed by atoms with Crippen molar-refractivity contribution in [3.05, 3.63) is 0 Å². The Morgan fingerprint density at radius 2 is 1.89 bits per heavy atom. The second-order valence-corrected chi connectivity index (χ2v) is 9.13. The van der Waals surface area contributed by atoms with E-state index >= 15 is 0 Å². The van der Waals surface area contributed by atoms with Crippen molar-refractivity contribution in [1.29, 1.82) is 0 Å². The minimum absolute atomic E-state index is 0.189. The zero-order chi connectivity index (χ0) is 20.8. The first-order valence-corrected chi connectivity index (χ1v) is 10.1. The van der Waals surface area contributed by atoms with E-state index in [2.05, 4.69) is 5.32 Å². The van der Waals surface area contributed by atoms with Gasteiger partial charge >= 0.3 is 5.97 Å². The lowest BCUT2D eigenvalue weighted by Crippen LogP contribution is -2.56. The molecule has 0 bridgehead atoms. The molecule has 8 nitrogen and oxygen atoms in total. The standard InChI is InChI=1S/C18H32N2O6S/c1-11(15(22)23)16(24)27-9-7-12(19)6-8-20-14(21)13-17(2,3)10-25-18(4,5)26-13/h11-13H,6-10,19H2,1-5H3,(H,20,21)(H,22,23). The summed E-state index contributed by atoms with van der Waals surface area (Å²) in [5, 5.41) is 11.3. The number of carboxylic acid groups (broad SMARTS) is 1. The van der Waals surface area contributed by atoms with E-state index in [9.17, 15) is 14.4 Å². The third kappa shape index (κ3) is 7.77. The van der Waals surface area contributed by atoms with Crippen molar-refractivity contribution < 1.29 is 29.0 Å². The van der Waals surface area contributed by atoms with Crippen LogP contribution in [0.4, 0.5) is 0 Å². The van der Waals surface area contributed by atoms with Crippen molar-refractivity contribution in [3.63, 3.8) is 0 Å². The molecule has 27 heavy (non-hydrogen) atoms. The van der Waals surface area contributed by atoms with Crippen molar-refractivity contribution in [2.75, 3.05) is 18.9 Å². The summed E-state index contributed by atoms with van der Waals surface area (Å²) in [7, 11) is 0. The van der Waals surface area contributed by atoms with Crippen molar-refractivity contribution in [2.45, 2.75) is 65.4 Å². The Balaban J connectivity index is 2.32. The number of carbonyl (C=O) groups excluding carboxylic acids is 2. The van der Waals surface area contributed by atoms with E-state index in [-0.39, 0.29) is 17.1 Å². The maximum Gasteiger partial charge on any atom is 0.314 e. The van der Waals surface area contributed by atoms with Crippen LogP contribution in [-0.2, 0) is 23.9 Å². The first kappa shape index (κ1) is 23.9. The molecule has 0 spiro atoms. The molecule has 0 saturated carbocycles. The predicted molar refractivity (Wildman–Crippen MR) is 103 cm³/mol. The highest BCUT2D eigenvalue weighted by atomic mass is 32.2. The Hall–Kier alpha value is -1.16. The number of hydrogen-bond acceptors (Lipinski definition) is 7. The molecule has 4 N–H and O–H groups in total. The molecule has 1 amide bonds. The van der Waals surface area contributed by atoms with E-state index in [1.165, 1.54) is 6.92 Å². The summed E-state index contributed by atoms with van der Waals surface area (Å²) >= 11 is 0.982. The zero-order valence-corrected chi connectivity index (χ0v) is 17.6. The summed E-state index contributed by atoms with van der Waals surface area (Å²) in [5.74, 6) is -2.68. The Morgan fingerprint density at radius 1 is 1.26 bits per heavy atom. The maximum absolute atomic E-state index is 12.5. The van der Waals surface area contributed by atoms with Crippen LogP contribution in [0, 0.1) is 11.3 Å². The Morgan fingerprint density at radius 3 is 2.48 bits per heavy atom. The molecule has 0 aromatic rings. The molecule has 9 heteroatoms. The van der Waals surface area contributed by atoms with Crippen LogP contribution in [0.2, 0.25) is 0 Å². The lowest BCUT2D eigenvalue weighted by atomic mass is 9.85. The number of aliphatic carboxylic acids is 1. The van der Waals surface area contributed by atoms with Crippen LogP contribution in [0.1, 0.15) is 47.5 Å². The predicted octanol–water partition coefficient (Wildman–Crippen LogP) is 1.37. The molecular weight excluding hydrogens is 372 g/mol. The van der Waals surface area contributed by atoms with E-state index in [0.717, 1.165) is 11.8 Å². The fourth-order valence-electron chi connectivity index (χ4n) is 2.48. The molecule has 1 fully saturated rings. The molecule has 3 unspecified atom stereocenters. The van der Waals surface area contributed by atoms with Gasteiger partial charge in [0.25, 0.3) is 0 Å². The van der Waals surface area contributed by atoms with Crippen LogP contribution in [-0.4, -0.2) is 58.9 Å². The molecule has 0 aromatic carbocycles. The Labute approximate surface area is 164 Å². The molecule has 1 heterocycles. The van der Waals surface area contributed by atoms with Gasteiger partial charge in [-0.1, -0.05) is 25.6 Å². The van der Waals surface area contributed by atoms with Gasteiger partial charge in [0.15, 0.2) is 5.79 Å². The molecule has 0 aromatic heterocycles. The number of nitrogens with two attached hydrogens (primary N) is 1. The summed E-state index contributed by atoms with van der Waals surface area (Å²) in [5.41, 5.74) is 5.58. The molecule has 1 saturated heterocycles. The van der Waals surface area contributed by atoms with Crippen molar-refractivity contribution >= 4 is 28.8 Å². The summed E-state index contributed by atoms with van der Waals surface area (Å²) in [6.07, 6.45) is 0.510. The highest BCUT2D eigenvalue weighted by molar-refractivity contribution is 8.13. The average Bonchev–Trinajstić information content (AvgIpc) is 2.56. The highest BCUT2D eigenvalue weighted by Crippen LogP contribution is 2.34. The molecule has 1 aliphatic heterocycles. The Kier molecular flexibility index (Phi) is 8.72. The molecule has 1 rings (SSSR count). The summed E-state index contributed by atoms with van der Waals surface area (Å²) in [6.45, 7) is 9.60. The lowest BCUT2D eigenvalue weighted by molar-refractivity contribution is -0.304. The first-order chi connectivity index (χ1) is 12.4. The third-order valence-corrected chi connectivity index (χ3v) is 5.49.